The summed E-state index contributed by atoms with van der Waals surface area (Å²) in [6.07, 6.45) is 2.84. The van der Waals surface area contributed by atoms with Crippen LogP contribution in [0.15, 0.2) is 59.4 Å². The van der Waals surface area contributed by atoms with Crippen molar-refractivity contribution < 1.29 is 14.3 Å². The van der Waals surface area contributed by atoms with Crippen LogP contribution in [0.5, 0.6) is 0 Å². The molecule has 0 saturated heterocycles. The molecule has 4 rings (SSSR count). The summed E-state index contributed by atoms with van der Waals surface area (Å²) in [7, 11) is 0. The van der Waals surface area contributed by atoms with Gasteiger partial charge in [0.1, 0.15) is 11.6 Å². The number of amides is 1. The monoisotopic (exact) mass is 476 g/mol. The molecule has 0 aliphatic heterocycles. The van der Waals surface area contributed by atoms with Crippen molar-refractivity contribution in [3.05, 3.63) is 92.3 Å². The maximum atomic E-state index is 12.4. The first-order chi connectivity index (χ1) is 16.4. The van der Waals surface area contributed by atoms with Crippen LogP contribution in [0.2, 0.25) is 0 Å². The van der Waals surface area contributed by atoms with Crippen LogP contribution >= 0.6 is 11.3 Å². The number of ether oxygens (including phenoxy) is 1. The van der Waals surface area contributed by atoms with E-state index in [0.29, 0.717) is 27.5 Å². The Morgan fingerprint density at radius 3 is 2.47 bits per heavy atom. The molecule has 0 unspecified atom stereocenters. The number of carbonyl (C=O) groups excluding carboxylic acids is 2. The van der Waals surface area contributed by atoms with Gasteiger partial charge in [0.05, 0.1) is 11.3 Å². The first kappa shape index (κ1) is 23.3. The van der Waals surface area contributed by atoms with E-state index >= 15 is 0 Å². The molecule has 0 atom stereocenters. The summed E-state index contributed by atoms with van der Waals surface area (Å²) >= 11 is 1.37. The summed E-state index contributed by atoms with van der Waals surface area (Å²) in [5.41, 5.74) is 2.57. The van der Waals surface area contributed by atoms with Crippen molar-refractivity contribution in [2.24, 2.45) is 0 Å². The van der Waals surface area contributed by atoms with Gasteiger partial charge in [-0.2, -0.15) is 9.61 Å². The lowest BCUT2D eigenvalue weighted by atomic mass is 10.1. The lowest BCUT2D eigenvalue weighted by Crippen LogP contribution is -2.16. The predicted molar refractivity (Wildman–Crippen MR) is 130 cm³/mol. The number of esters is 1. The van der Waals surface area contributed by atoms with Crippen LogP contribution in [0.1, 0.15) is 56.7 Å². The first-order valence-electron chi connectivity index (χ1n) is 11.0. The van der Waals surface area contributed by atoms with Crippen molar-refractivity contribution in [2.75, 3.05) is 5.32 Å². The molecule has 9 heteroatoms. The van der Waals surface area contributed by atoms with Crippen LogP contribution in [0.4, 0.5) is 5.69 Å². The van der Waals surface area contributed by atoms with Crippen molar-refractivity contribution in [3.63, 3.8) is 0 Å². The van der Waals surface area contributed by atoms with Gasteiger partial charge in [0, 0.05) is 23.7 Å². The highest BCUT2D eigenvalue weighted by molar-refractivity contribution is 7.16. The van der Waals surface area contributed by atoms with Gasteiger partial charge in [-0.15, -0.1) is 0 Å². The number of hydrogen-bond acceptors (Lipinski definition) is 7. The van der Waals surface area contributed by atoms with E-state index in [1.807, 2.05) is 19.1 Å². The Labute approximate surface area is 200 Å². The van der Waals surface area contributed by atoms with Gasteiger partial charge in [-0.05, 0) is 49.7 Å². The van der Waals surface area contributed by atoms with Gasteiger partial charge in [0.25, 0.3) is 11.5 Å². The normalized spacial score (nSPS) is 10.9. The molecule has 34 heavy (non-hydrogen) atoms. The van der Waals surface area contributed by atoms with Gasteiger partial charge in [-0.3, -0.25) is 9.59 Å². The van der Waals surface area contributed by atoms with Crippen molar-refractivity contribution in [1.82, 2.24) is 14.6 Å². The Kier molecular flexibility index (Phi) is 7.12. The van der Waals surface area contributed by atoms with Gasteiger partial charge in [-0.25, -0.2) is 9.78 Å². The summed E-state index contributed by atoms with van der Waals surface area (Å²) in [6.45, 7) is 3.92. The largest absolute Gasteiger partial charge is 0.456 e. The van der Waals surface area contributed by atoms with Crippen LogP contribution in [0.25, 0.3) is 4.96 Å². The van der Waals surface area contributed by atoms with E-state index in [2.05, 4.69) is 22.3 Å². The molecule has 2 aromatic heterocycles. The molecule has 4 aromatic rings. The second-order valence-electron chi connectivity index (χ2n) is 7.85. The number of anilines is 1. The minimum atomic E-state index is -0.550. The summed E-state index contributed by atoms with van der Waals surface area (Å²) in [5, 5.41) is 7.96. The number of benzene rings is 2. The second kappa shape index (κ2) is 10.4. The lowest BCUT2D eigenvalue weighted by Gasteiger charge is -2.07. The molecule has 2 heterocycles. The van der Waals surface area contributed by atoms with Gasteiger partial charge in [-0.1, -0.05) is 42.4 Å². The molecule has 0 aliphatic rings. The first-order valence-corrected chi connectivity index (χ1v) is 11.8. The van der Waals surface area contributed by atoms with E-state index in [1.54, 1.807) is 36.4 Å². The Morgan fingerprint density at radius 2 is 1.76 bits per heavy atom. The van der Waals surface area contributed by atoms with Crippen LogP contribution in [0, 0.1) is 6.92 Å². The van der Waals surface area contributed by atoms with E-state index in [4.69, 9.17) is 4.74 Å². The fraction of sp³-hybridized carbons (Fsp3) is 0.240. The number of hydrogen-bond donors (Lipinski definition) is 1. The van der Waals surface area contributed by atoms with E-state index in [0.717, 1.165) is 29.8 Å². The van der Waals surface area contributed by atoms with Crippen LogP contribution in [-0.4, -0.2) is 26.5 Å². The summed E-state index contributed by atoms with van der Waals surface area (Å²) in [5.74, 6) is -0.782. The Morgan fingerprint density at radius 1 is 1.06 bits per heavy atom. The lowest BCUT2D eigenvalue weighted by molar-refractivity contribution is 0.0467. The quantitative estimate of drug-likeness (QED) is 0.378. The summed E-state index contributed by atoms with van der Waals surface area (Å²) < 4.78 is 6.62. The second-order valence-corrected chi connectivity index (χ2v) is 8.89. The number of carbonyl (C=O) groups is 2. The molecule has 2 aromatic carbocycles. The minimum absolute atomic E-state index is 0.126. The van der Waals surface area contributed by atoms with Crippen LogP contribution in [-0.2, 0) is 17.8 Å². The summed E-state index contributed by atoms with van der Waals surface area (Å²) in [6, 6.07) is 15.0. The zero-order valence-electron chi connectivity index (χ0n) is 18.9. The van der Waals surface area contributed by atoms with Gasteiger partial charge < -0.3 is 10.1 Å². The number of aromatic nitrogens is 3. The smallest absolute Gasteiger partial charge is 0.338 e. The Hall–Kier alpha value is -3.85. The summed E-state index contributed by atoms with van der Waals surface area (Å²) in [4.78, 5) is 42.0. The molecular formula is C25H24N4O4S. The average molecular weight is 477 g/mol. The zero-order chi connectivity index (χ0) is 24.1. The maximum Gasteiger partial charge on any atom is 0.338 e. The zero-order valence-corrected chi connectivity index (χ0v) is 19.7. The number of aryl methyl sites for hydroxylation is 2. The predicted octanol–water partition coefficient (Wildman–Crippen LogP) is 4.41. The van der Waals surface area contributed by atoms with Gasteiger partial charge in [0.2, 0.25) is 4.96 Å². The highest BCUT2D eigenvalue weighted by Gasteiger charge is 2.13. The highest BCUT2D eigenvalue weighted by atomic mass is 32.1. The molecule has 174 valence electrons. The van der Waals surface area contributed by atoms with Crippen molar-refractivity contribution in [3.8, 4) is 0 Å². The molecule has 0 radical (unpaired) electrons. The van der Waals surface area contributed by atoms with Crippen molar-refractivity contribution in [1.29, 1.82) is 0 Å². The minimum Gasteiger partial charge on any atom is -0.456 e. The highest BCUT2D eigenvalue weighted by Crippen LogP contribution is 2.16. The number of nitrogens with zero attached hydrogens (tertiary/aromatic N) is 3. The third kappa shape index (κ3) is 5.55. The standard InChI is InChI=1S/C25H24N4O4S/c1-3-4-5-21-28-29-22(30)14-20(27-25(29)34-21)15-33-24(32)18-10-12-19(13-11-18)26-23(31)17-8-6-16(2)7-9-17/h6-14H,3-5,15H2,1-2H3,(H,26,31). The maximum absolute atomic E-state index is 12.4. The molecule has 8 nitrogen and oxygen atoms in total. The topological polar surface area (TPSA) is 103 Å². The van der Waals surface area contributed by atoms with Crippen molar-refractivity contribution in [2.45, 2.75) is 39.7 Å². The Bertz CT molecular complexity index is 1380. The van der Waals surface area contributed by atoms with Gasteiger partial charge >= 0.3 is 5.97 Å². The molecule has 0 saturated carbocycles. The number of rotatable bonds is 8. The molecule has 1 N–H and O–H groups in total. The van der Waals surface area contributed by atoms with E-state index in [1.165, 1.54) is 21.9 Å². The van der Waals surface area contributed by atoms with E-state index in [9.17, 15) is 14.4 Å². The number of fused-ring (bicyclic) bond motifs is 1. The fourth-order valence-electron chi connectivity index (χ4n) is 3.22. The fourth-order valence-corrected chi connectivity index (χ4v) is 4.18. The van der Waals surface area contributed by atoms with E-state index < -0.39 is 5.97 Å². The molecule has 0 aliphatic carbocycles. The molecule has 0 spiro atoms. The van der Waals surface area contributed by atoms with Crippen LogP contribution in [0.3, 0.4) is 0 Å². The molecule has 1 amide bonds. The molecule has 0 bridgehead atoms. The van der Waals surface area contributed by atoms with Gasteiger partial charge in [0.15, 0.2) is 0 Å². The third-order valence-corrected chi connectivity index (χ3v) is 6.10. The Balaban J connectivity index is 1.37. The number of unbranched alkanes of at least 4 members (excludes halogenated alkanes) is 1. The molecular weight excluding hydrogens is 452 g/mol. The van der Waals surface area contributed by atoms with Crippen molar-refractivity contribution >= 4 is 33.9 Å². The van der Waals surface area contributed by atoms with E-state index in [-0.39, 0.29) is 18.1 Å². The molecule has 0 fully saturated rings. The average Bonchev–Trinajstić information content (AvgIpc) is 3.25. The number of nitrogens with one attached hydrogen (secondary N) is 1. The third-order valence-electron chi connectivity index (χ3n) is 5.13. The van der Waals surface area contributed by atoms with Crippen LogP contribution < -0.4 is 10.9 Å². The SMILES string of the molecule is CCCCc1nn2c(=O)cc(COC(=O)c3ccc(NC(=O)c4ccc(C)cc4)cc3)nc2s1.